The van der Waals surface area contributed by atoms with Gasteiger partial charge >= 0.3 is 0 Å². The quantitative estimate of drug-likeness (QED) is 0.154. The Morgan fingerprint density at radius 2 is 1.09 bits per heavy atom. The lowest BCUT2D eigenvalue weighted by Gasteiger charge is -2.52. The van der Waals surface area contributed by atoms with Crippen LogP contribution in [0.2, 0.25) is 0 Å². The monoisotopic (exact) mass is 772 g/mol. The van der Waals surface area contributed by atoms with Crippen LogP contribution in [0.3, 0.4) is 0 Å². The summed E-state index contributed by atoms with van der Waals surface area (Å²) in [6.45, 7) is 9.81. The molecule has 0 atom stereocenters. The molecule has 1 fully saturated rings. The van der Waals surface area contributed by atoms with Crippen LogP contribution in [0.1, 0.15) is 74.8 Å². The molecule has 0 radical (unpaired) electrons. The minimum atomic E-state index is -0.971. The van der Waals surface area contributed by atoms with Crippen molar-refractivity contribution in [2.45, 2.75) is 58.0 Å². The summed E-state index contributed by atoms with van der Waals surface area (Å²) >= 11 is 0. The van der Waals surface area contributed by atoms with Gasteiger partial charge in [-0.15, -0.1) is 0 Å². The maximum Gasteiger partial charge on any atom is 0.178 e. The van der Waals surface area contributed by atoms with E-state index >= 15 is 0 Å². The average Bonchev–Trinajstić information content (AvgIpc) is 3.49. The predicted octanol–water partition coefficient (Wildman–Crippen LogP) is 12.4. The van der Waals surface area contributed by atoms with E-state index in [9.17, 15) is 0 Å². The maximum atomic E-state index is 7.77. The van der Waals surface area contributed by atoms with E-state index in [2.05, 4.69) is 107 Å². The molecule has 1 spiro atoms. The van der Waals surface area contributed by atoms with Crippen molar-refractivity contribution in [1.29, 1.82) is 0 Å². The molecule has 9 rings (SSSR count). The van der Waals surface area contributed by atoms with E-state index < -0.39 is 5.60 Å². The van der Waals surface area contributed by atoms with Gasteiger partial charge in [0, 0.05) is 44.7 Å². The zero-order chi connectivity index (χ0) is 40.6. The Kier molecular flexibility index (Phi) is 8.85. The molecular weight excluding hydrogens is 721 g/mol. The van der Waals surface area contributed by atoms with Crippen LogP contribution in [0, 0.1) is 10.8 Å². The Balaban J connectivity index is 1.41. The number of ether oxygens (including phenoxy) is 6. The largest absolute Gasteiger partial charge is 0.497 e. The Hall–Kier alpha value is -5.88. The van der Waals surface area contributed by atoms with Crippen LogP contribution in [-0.2, 0) is 11.0 Å². The summed E-state index contributed by atoms with van der Waals surface area (Å²) in [5.74, 6) is 4.55. The van der Waals surface area contributed by atoms with Crippen molar-refractivity contribution in [1.82, 2.24) is 0 Å². The topological polar surface area (TPSA) is 55.4 Å². The standard InChI is InChI=1S/C52H52O6/c1-49(2)29-50(3,4)31-51(30-49)43-13-11-10-12-38(43)46-41-27-40(37-23-22-36(55-7)26-44(37)56-8)45(57-9)28-42(41)48-39(47(46)51)24-25-52(58-48,32-14-18-34(53-5)19-15-32)33-16-20-35(54-6)21-17-33/h10-28H,29-31H2,1-9H3. The Bertz CT molecular complexity index is 2530. The van der Waals surface area contributed by atoms with Gasteiger partial charge in [-0.2, -0.15) is 0 Å². The number of hydrogen-bond donors (Lipinski definition) is 0. The van der Waals surface area contributed by atoms with Crippen molar-refractivity contribution in [3.8, 4) is 56.8 Å². The zero-order valence-electron chi connectivity index (χ0n) is 35.0. The lowest BCUT2D eigenvalue weighted by Crippen LogP contribution is -2.44. The summed E-state index contributed by atoms with van der Waals surface area (Å²) in [5.41, 5.74) is 9.21. The molecule has 6 nitrogen and oxygen atoms in total. The van der Waals surface area contributed by atoms with Crippen LogP contribution in [0.5, 0.6) is 34.5 Å². The smallest absolute Gasteiger partial charge is 0.178 e. The predicted molar refractivity (Wildman–Crippen MR) is 233 cm³/mol. The molecule has 0 aromatic heterocycles. The van der Waals surface area contributed by atoms with Gasteiger partial charge in [-0.25, -0.2) is 0 Å². The summed E-state index contributed by atoms with van der Waals surface area (Å²) in [5, 5.41) is 2.10. The maximum absolute atomic E-state index is 7.77. The highest BCUT2D eigenvalue weighted by atomic mass is 16.5. The van der Waals surface area contributed by atoms with Crippen LogP contribution in [0.4, 0.5) is 0 Å². The molecule has 6 aromatic carbocycles. The summed E-state index contributed by atoms with van der Waals surface area (Å²) in [4.78, 5) is 0. The number of methoxy groups -OCH3 is 5. The highest BCUT2D eigenvalue weighted by Crippen LogP contribution is 2.67. The van der Waals surface area contributed by atoms with Crippen molar-refractivity contribution in [2.75, 3.05) is 35.5 Å². The average molecular weight is 773 g/mol. The first-order chi connectivity index (χ1) is 27.9. The SMILES string of the molecule is COc1ccc(C2(c3ccc(OC)cc3)C=Cc3c4c(c5cc(-c6ccc(OC)cc6OC)c(OC)cc5c3O2)-c2ccccc2C42CC(C)(C)CC(C)(C)C2)cc1. The van der Waals surface area contributed by atoms with Gasteiger partial charge in [-0.05, 0) is 112 Å². The van der Waals surface area contributed by atoms with Gasteiger partial charge in [0.2, 0.25) is 0 Å². The summed E-state index contributed by atoms with van der Waals surface area (Å²) in [7, 11) is 8.49. The third-order valence-corrected chi connectivity index (χ3v) is 12.8. The minimum Gasteiger partial charge on any atom is -0.497 e. The molecule has 58 heavy (non-hydrogen) atoms. The molecule has 1 saturated carbocycles. The third kappa shape index (κ3) is 5.74. The lowest BCUT2D eigenvalue weighted by molar-refractivity contribution is 0.0642. The molecule has 6 heteroatoms. The minimum absolute atomic E-state index is 0.0923. The van der Waals surface area contributed by atoms with Gasteiger partial charge in [0.25, 0.3) is 0 Å². The van der Waals surface area contributed by atoms with E-state index in [1.807, 2.05) is 36.4 Å². The van der Waals surface area contributed by atoms with E-state index in [1.165, 1.54) is 22.3 Å². The second-order valence-electron chi connectivity index (χ2n) is 17.8. The third-order valence-electron chi connectivity index (χ3n) is 12.8. The van der Waals surface area contributed by atoms with E-state index in [4.69, 9.17) is 28.4 Å². The van der Waals surface area contributed by atoms with Gasteiger partial charge in [-0.3, -0.25) is 0 Å². The fourth-order valence-electron chi connectivity index (χ4n) is 11.2. The first-order valence-electron chi connectivity index (χ1n) is 20.1. The van der Waals surface area contributed by atoms with Gasteiger partial charge in [0.1, 0.15) is 34.5 Å². The van der Waals surface area contributed by atoms with Gasteiger partial charge in [0.05, 0.1) is 35.5 Å². The molecule has 3 aliphatic rings. The van der Waals surface area contributed by atoms with Crippen molar-refractivity contribution in [2.24, 2.45) is 10.8 Å². The van der Waals surface area contributed by atoms with Crippen LogP contribution in [0.25, 0.3) is 39.1 Å². The zero-order valence-corrected chi connectivity index (χ0v) is 35.0. The molecule has 296 valence electrons. The fourth-order valence-corrected chi connectivity index (χ4v) is 11.2. The first-order valence-corrected chi connectivity index (χ1v) is 20.1. The summed E-state index contributed by atoms with van der Waals surface area (Å²) in [6, 6.07) is 36.0. The van der Waals surface area contributed by atoms with E-state index in [0.29, 0.717) is 5.75 Å². The second kappa shape index (κ2) is 13.6. The Morgan fingerprint density at radius 3 is 1.67 bits per heavy atom. The molecule has 0 bridgehead atoms. The van der Waals surface area contributed by atoms with E-state index in [-0.39, 0.29) is 16.2 Å². The number of fused-ring (bicyclic) bond motifs is 10. The Morgan fingerprint density at radius 1 is 0.517 bits per heavy atom. The van der Waals surface area contributed by atoms with Crippen molar-refractivity contribution < 1.29 is 28.4 Å². The number of benzene rings is 6. The van der Waals surface area contributed by atoms with Crippen molar-refractivity contribution in [3.63, 3.8) is 0 Å². The molecule has 0 N–H and O–H groups in total. The van der Waals surface area contributed by atoms with Crippen molar-refractivity contribution in [3.05, 3.63) is 137 Å². The number of rotatable bonds is 8. The second-order valence-corrected chi connectivity index (χ2v) is 17.8. The van der Waals surface area contributed by atoms with E-state index in [0.717, 1.165) is 86.6 Å². The highest BCUT2D eigenvalue weighted by Gasteiger charge is 2.55. The number of hydrogen-bond acceptors (Lipinski definition) is 6. The molecule has 1 aliphatic heterocycles. The molecule has 0 amide bonds. The van der Waals surface area contributed by atoms with E-state index in [1.54, 1.807) is 35.5 Å². The van der Waals surface area contributed by atoms with Gasteiger partial charge in [0.15, 0.2) is 5.60 Å². The normalized spacial score (nSPS) is 17.5. The van der Waals surface area contributed by atoms with Crippen molar-refractivity contribution >= 4 is 16.8 Å². The molecule has 2 aliphatic carbocycles. The Labute approximate surface area is 342 Å². The molecule has 6 aromatic rings. The van der Waals surface area contributed by atoms with Crippen LogP contribution >= 0.6 is 0 Å². The van der Waals surface area contributed by atoms with Crippen LogP contribution in [0.15, 0.2) is 109 Å². The van der Waals surface area contributed by atoms with Crippen LogP contribution < -0.4 is 28.4 Å². The highest BCUT2D eigenvalue weighted by molar-refractivity contribution is 6.11. The fraction of sp³-hybridized carbons (Fsp3) is 0.308. The molecular formula is C52H52O6. The van der Waals surface area contributed by atoms with Crippen LogP contribution in [-0.4, -0.2) is 35.5 Å². The summed E-state index contributed by atoms with van der Waals surface area (Å²) in [6.07, 6.45) is 7.81. The lowest BCUT2D eigenvalue weighted by atomic mass is 9.52. The molecule has 1 heterocycles. The van der Waals surface area contributed by atoms with Gasteiger partial charge in [-0.1, -0.05) is 82.3 Å². The molecule has 0 unspecified atom stereocenters. The summed E-state index contributed by atoms with van der Waals surface area (Å²) < 4.78 is 36.9. The molecule has 0 saturated heterocycles. The van der Waals surface area contributed by atoms with Gasteiger partial charge < -0.3 is 28.4 Å². The first kappa shape index (κ1) is 37.7.